The lowest BCUT2D eigenvalue weighted by Crippen LogP contribution is -2.45. The van der Waals surface area contributed by atoms with E-state index in [1.54, 1.807) is 6.33 Å². The van der Waals surface area contributed by atoms with Crippen LogP contribution in [-0.2, 0) is 17.6 Å². The van der Waals surface area contributed by atoms with Crippen LogP contribution in [0.2, 0.25) is 19.6 Å². The van der Waals surface area contributed by atoms with E-state index in [1.807, 2.05) is 0 Å². The van der Waals surface area contributed by atoms with Crippen LogP contribution in [0.5, 0.6) is 0 Å². The molecular weight excluding hydrogens is 364 g/mol. The molecule has 0 radical (unpaired) electrons. The zero-order chi connectivity index (χ0) is 20.1. The standard InChI is InChI=1S/C22H32N4OSi/c1-5-18-15-21(24-16-23-18)26-12-10-19(11-13-26)25-22(27)14-17-6-8-20(9-7-17)28(2,3)4/h6-9,15-16,19H,5,10-14H2,1-4H3,(H,25,27). The highest BCUT2D eigenvalue weighted by Crippen LogP contribution is 2.18. The smallest absolute Gasteiger partial charge is 0.224 e. The summed E-state index contributed by atoms with van der Waals surface area (Å²) >= 11 is 0. The zero-order valence-electron chi connectivity index (χ0n) is 17.5. The summed E-state index contributed by atoms with van der Waals surface area (Å²) in [5.74, 6) is 1.12. The molecule has 0 unspecified atom stereocenters. The van der Waals surface area contributed by atoms with Crippen molar-refractivity contribution in [1.29, 1.82) is 0 Å². The zero-order valence-corrected chi connectivity index (χ0v) is 18.5. The van der Waals surface area contributed by atoms with Gasteiger partial charge in [-0.15, -0.1) is 0 Å². The SMILES string of the molecule is CCc1cc(N2CCC(NC(=O)Cc3ccc([Si](C)(C)C)cc3)CC2)ncn1. The van der Waals surface area contributed by atoms with Crippen LogP contribution >= 0.6 is 0 Å². The van der Waals surface area contributed by atoms with E-state index in [0.717, 1.165) is 49.4 Å². The van der Waals surface area contributed by atoms with Crippen molar-refractivity contribution < 1.29 is 4.79 Å². The maximum Gasteiger partial charge on any atom is 0.224 e. The molecule has 150 valence electrons. The second-order valence-electron chi connectivity index (χ2n) is 8.67. The number of nitrogens with one attached hydrogen (secondary N) is 1. The van der Waals surface area contributed by atoms with Gasteiger partial charge in [0, 0.05) is 30.9 Å². The highest BCUT2D eigenvalue weighted by Gasteiger charge is 2.22. The predicted octanol–water partition coefficient (Wildman–Crippen LogP) is 2.91. The van der Waals surface area contributed by atoms with Crippen LogP contribution in [0.4, 0.5) is 5.82 Å². The normalized spacial score (nSPS) is 15.5. The monoisotopic (exact) mass is 396 g/mol. The number of anilines is 1. The predicted molar refractivity (Wildman–Crippen MR) is 118 cm³/mol. The third-order valence-corrected chi connectivity index (χ3v) is 7.51. The Labute approximate surface area is 169 Å². The molecule has 3 rings (SSSR count). The molecule has 1 aromatic heterocycles. The Kier molecular flexibility index (Phi) is 6.49. The Morgan fingerprint density at radius 2 is 1.82 bits per heavy atom. The molecule has 2 aromatic rings. The van der Waals surface area contributed by atoms with E-state index < -0.39 is 8.07 Å². The number of carbonyl (C=O) groups is 1. The fourth-order valence-electron chi connectivity index (χ4n) is 3.59. The largest absolute Gasteiger partial charge is 0.356 e. The van der Waals surface area contributed by atoms with Crippen molar-refractivity contribution in [3.8, 4) is 0 Å². The Bertz CT molecular complexity index is 793. The lowest BCUT2D eigenvalue weighted by atomic mass is 10.0. The average Bonchev–Trinajstić information content (AvgIpc) is 2.68. The van der Waals surface area contributed by atoms with E-state index in [2.05, 4.69) is 77.1 Å². The number of hydrogen-bond acceptors (Lipinski definition) is 4. The fourth-order valence-corrected chi connectivity index (χ4v) is 4.76. The molecule has 2 heterocycles. The number of piperidine rings is 1. The van der Waals surface area contributed by atoms with Crippen LogP contribution in [0.25, 0.3) is 0 Å². The molecule has 0 bridgehead atoms. The summed E-state index contributed by atoms with van der Waals surface area (Å²) in [5, 5.41) is 4.65. The first-order chi connectivity index (χ1) is 13.3. The summed E-state index contributed by atoms with van der Waals surface area (Å²) in [6.45, 7) is 10.9. The first-order valence-corrected chi connectivity index (χ1v) is 13.8. The minimum atomic E-state index is -1.29. The lowest BCUT2D eigenvalue weighted by molar-refractivity contribution is -0.121. The maximum absolute atomic E-state index is 12.5. The molecule has 1 fully saturated rings. The quantitative estimate of drug-likeness (QED) is 0.763. The van der Waals surface area contributed by atoms with Crippen LogP contribution in [0.3, 0.4) is 0 Å². The molecule has 1 aliphatic heterocycles. The summed E-state index contributed by atoms with van der Waals surface area (Å²) in [6, 6.07) is 10.9. The molecule has 1 aliphatic rings. The Hall–Kier alpha value is -2.21. The number of benzene rings is 1. The summed E-state index contributed by atoms with van der Waals surface area (Å²) in [5.41, 5.74) is 2.16. The van der Waals surface area contributed by atoms with Crippen molar-refractivity contribution in [2.45, 2.75) is 58.3 Å². The number of hydrogen-bond donors (Lipinski definition) is 1. The number of aryl methyl sites for hydroxylation is 1. The van der Waals surface area contributed by atoms with Crippen LogP contribution in [0.1, 0.15) is 31.0 Å². The average molecular weight is 397 g/mol. The van der Waals surface area contributed by atoms with Crippen LogP contribution < -0.4 is 15.4 Å². The molecule has 1 aromatic carbocycles. The number of aromatic nitrogens is 2. The summed E-state index contributed by atoms with van der Waals surface area (Å²) in [7, 11) is -1.29. The van der Waals surface area contributed by atoms with E-state index >= 15 is 0 Å². The van der Waals surface area contributed by atoms with Crippen molar-refractivity contribution >= 4 is 25.0 Å². The minimum absolute atomic E-state index is 0.120. The summed E-state index contributed by atoms with van der Waals surface area (Å²) in [6.07, 6.45) is 4.92. The van der Waals surface area contributed by atoms with Crippen LogP contribution in [0, 0.1) is 0 Å². The van der Waals surface area contributed by atoms with Crippen LogP contribution in [-0.4, -0.2) is 43.1 Å². The Morgan fingerprint density at radius 3 is 2.43 bits per heavy atom. The minimum Gasteiger partial charge on any atom is -0.356 e. The number of nitrogens with zero attached hydrogens (tertiary/aromatic N) is 3. The van der Waals surface area contributed by atoms with Gasteiger partial charge in [-0.05, 0) is 24.8 Å². The van der Waals surface area contributed by atoms with Gasteiger partial charge in [0.1, 0.15) is 12.1 Å². The Balaban J connectivity index is 1.48. The van der Waals surface area contributed by atoms with Crippen molar-refractivity contribution in [3.05, 3.63) is 47.9 Å². The molecule has 0 saturated carbocycles. The van der Waals surface area contributed by atoms with E-state index in [-0.39, 0.29) is 11.9 Å². The lowest BCUT2D eigenvalue weighted by Gasteiger charge is -2.33. The van der Waals surface area contributed by atoms with E-state index in [4.69, 9.17) is 0 Å². The third kappa shape index (κ3) is 5.41. The van der Waals surface area contributed by atoms with Gasteiger partial charge < -0.3 is 10.2 Å². The van der Waals surface area contributed by atoms with Gasteiger partial charge in [-0.1, -0.05) is 56.0 Å². The summed E-state index contributed by atoms with van der Waals surface area (Å²) < 4.78 is 0. The van der Waals surface area contributed by atoms with Crippen LogP contribution in [0.15, 0.2) is 36.7 Å². The molecular formula is C22H32N4OSi. The fraction of sp³-hybridized carbons (Fsp3) is 0.500. The van der Waals surface area contributed by atoms with Gasteiger partial charge in [-0.2, -0.15) is 0 Å². The van der Waals surface area contributed by atoms with Gasteiger partial charge in [-0.3, -0.25) is 4.79 Å². The van der Waals surface area contributed by atoms with Gasteiger partial charge in [0.05, 0.1) is 14.5 Å². The number of carbonyl (C=O) groups excluding carboxylic acids is 1. The van der Waals surface area contributed by atoms with Crippen molar-refractivity contribution in [3.63, 3.8) is 0 Å². The second-order valence-corrected chi connectivity index (χ2v) is 13.8. The first-order valence-electron chi connectivity index (χ1n) is 10.3. The molecule has 1 N–H and O–H groups in total. The molecule has 0 atom stereocenters. The van der Waals surface area contributed by atoms with E-state index in [9.17, 15) is 4.79 Å². The van der Waals surface area contributed by atoms with Gasteiger partial charge in [0.2, 0.25) is 5.91 Å². The number of amides is 1. The Morgan fingerprint density at radius 1 is 1.14 bits per heavy atom. The highest BCUT2D eigenvalue weighted by atomic mass is 28.3. The van der Waals surface area contributed by atoms with Crippen molar-refractivity contribution in [2.75, 3.05) is 18.0 Å². The van der Waals surface area contributed by atoms with Gasteiger partial charge >= 0.3 is 0 Å². The van der Waals surface area contributed by atoms with E-state index in [1.165, 1.54) is 5.19 Å². The molecule has 5 nitrogen and oxygen atoms in total. The molecule has 28 heavy (non-hydrogen) atoms. The first kappa shape index (κ1) is 20.5. The summed E-state index contributed by atoms with van der Waals surface area (Å²) in [4.78, 5) is 23.4. The second kappa shape index (κ2) is 8.86. The van der Waals surface area contributed by atoms with E-state index in [0.29, 0.717) is 6.42 Å². The molecule has 0 aliphatic carbocycles. The molecule has 1 saturated heterocycles. The van der Waals surface area contributed by atoms with Gasteiger partial charge in [0.15, 0.2) is 0 Å². The van der Waals surface area contributed by atoms with Gasteiger partial charge in [-0.25, -0.2) is 9.97 Å². The van der Waals surface area contributed by atoms with Crippen molar-refractivity contribution in [1.82, 2.24) is 15.3 Å². The number of rotatable bonds is 6. The molecule has 6 heteroatoms. The van der Waals surface area contributed by atoms with Crippen molar-refractivity contribution in [2.24, 2.45) is 0 Å². The third-order valence-electron chi connectivity index (χ3n) is 5.44. The molecule has 1 amide bonds. The topological polar surface area (TPSA) is 58.1 Å². The highest BCUT2D eigenvalue weighted by molar-refractivity contribution is 6.88. The molecule has 0 spiro atoms. The van der Waals surface area contributed by atoms with Gasteiger partial charge in [0.25, 0.3) is 0 Å². The maximum atomic E-state index is 12.5.